The van der Waals surface area contributed by atoms with Crippen LogP contribution < -0.4 is 10.2 Å². The van der Waals surface area contributed by atoms with E-state index in [1.807, 2.05) is 32.1 Å². The van der Waals surface area contributed by atoms with Crippen LogP contribution in [-0.4, -0.2) is 69.2 Å². The number of sulfone groups is 1. The molecule has 1 amide bonds. The normalized spacial score (nSPS) is 16.9. The van der Waals surface area contributed by atoms with Crippen LogP contribution in [0.3, 0.4) is 0 Å². The smallest absolute Gasteiger partial charge is 0.255 e. The van der Waals surface area contributed by atoms with Gasteiger partial charge in [-0.15, -0.1) is 0 Å². The van der Waals surface area contributed by atoms with Gasteiger partial charge in [0.2, 0.25) is 0 Å². The fraction of sp³-hybridized carbons (Fsp3) is 0.500. The molecule has 0 radical (unpaired) electrons. The number of carbonyl (C=O) groups is 1. The van der Waals surface area contributed by atoms with Crippen LogP contribution in [0.5, 0.6) is 0 Å². The molecule has 1 N–H and O–H groups in total. The Bertz CT molecular complexity index is 1040. The molecule has 8 nitrogen and oxygen atoms in total. The lowest BCUT2D eigenvalue weighted by Gasteiger charge is -2.33. The van der Waals surface area contributed by atoms with E-state index in [2.05, 4.69) is 5.32 Å². The minimum absolute atomic E-state index is 0.00292. The van der Waals surface area contributed by atoms with E-state index in [9.17, 15) is 13.2 Å². The zero-order valence-corrected chi connectivity index (χ0v) is 19.4. The summed E-state index contributed by atoms with van der Waals surface area (Å²) in [5.41, 5.74) is 1.14. The highest BCUT2D eigenvalue weighted by molar-refractivity contribution is 7.91. The molecule has 31 heavy (non-hydrogen) atoms. The van der Waals surface area contributed by atoms with E-state index < -0.39 is 9.84 Å². The molecule has 9 heteroatoms. The molecule has 2 aromatic rings. The topological polar surface area (TPSA) is 95.5 Å². The zero-order valence-electron chi connectivity index (χ0n) is 18.6. The van der Waals surface area contributed by atoms with Gasteiger partial charge in [-0.25, -0.2) is 18.4 Å². The summed E-state index contributed by atoms with van der Waals surface area (Å²) < 4.78 is 25.0. The highest BCUT2D eigenvalue weighted by Crippen LogP contribution is 2.28. The van der Waals surface area contributed by atoms with Crippen LogP contribution in [0.2, 0.25) is 0 Å². The SMILES string of the molecule is CCS(=O)(=O)c1ccccc1C(=O)N1CCC[C@H](c2nc(CNC)cc(N(C)C)n2)C1. The standard InChI is InChI=1S/C22H31N5O3S/c1-5-31(29,30)19-11-7-6-10-18(19)22(28)27-12-8-9-16(15-27)21-24-17(14-23-2)13-20(25-21)26(3)4/h6-7,10-11,13,16,23H,5,8-9,12,14-15H2,1-4H3/t16-/m0/s1. The number of rotatable bonds is 7. The van der Waals surface area contributed by atoms with Gasteiger partial charge in [-0.05, 0) is 32.0 Å². The summed E-state index contributed by atoms with van der Waals surface area (Å²) in [5.74, 6) is 1.26. The predicted octanol–water partition coefficient (Wildman–Crippen LogP) is 2.08. The summed E-state index contributed by atoms with van der Waals surface area (Å²) in [6.07, 6.45) is 1.70. The van der Waals surface area contributed by atoms with Gasteiger partial charge in [-0.1, -0.05) is 19.1 Å². The number of hydrogen-bond acceptors (Lipinski definition) is 7. The van der Waals surface area contributed by atoms with Crippen LogP contribution in [-0.2, 0) is 16.4 Å². The Morgan fingerprint density at radius 2 is 2.00 bits per heavy atom. The third-order valence-corrected chi connectivity index (χ3v) is 7.29. The average Bonchev–Trinajstić information content (AvgIpc) is 2.78. The first-order valence-corrected chi connectivity index (χ1v) is 12.2. The minimum atomic E-state index is -3.49. The van der Waals surface area contributed by atoms with Crippen molar-refractivity contribution in [1.29, 1.82) is 0 Å². The van der Waals surface area contributed by atoms with Crippen molar-refractivity contribution < 1.29 is 13.2 Å². The molecule has 1 aliphatic heterocycles. The lowest BCUT2D eigenvalue weighted by Crippen LogP contribution is -2.40. The van der Waals surface area contributed by atoms with E-state index in [1.54, 1.807) is 30.0 Å². The van der Waals surface area contributed by atoms with Crippen LogP contribution in [0.4, 0.5) is 5.82 Å². The molecule has 1 fully saturated rings. The predicted molar refractivity (Wildman–Crippen MR) is 121 cm³/mol. The number of nitrogens with one attached hydrogen (secondary N) is 1. The number of amides is 1. The van der Waals surface area contributed by atoms with Crippen LogP contribution in [0.15, 0.2) is 35.2 Å². The molecular formula is C22H31N5O3S. The second-order valence-electron chi connectivity index (χ2n) is 7.99. The van der Waals surface area contributed by atoms with Crippen molar-refractivity contribution in [2.45, 2.75) is 37.1 Å². The number of anilines is 1. The number of piperidine rings is 1. The molecular weight excluding hydrogens is 414 g/mol. The molecule has 0 unspecified atom stereocenters. The Labute approximate surface area is 184 Å². The first-order valence-electron chi connectivity index (χ1n) is 10.6. The molecule has 0 spiro atoms. The van der Waals surface area contributed by atoms with Crippen molar-refractivity contribution in [3.05, 3.63) is 47.4 Å². The lowest BCUT2D eigenvalue weighted by atomic mass is 9.96. The maximum Gasteiger partial charge on any atom is 0.255 e. The summed E-state index contributed by atoms with van der Waals surface area (Å²) >= 11 is 0. The van der Waals surface area contributed by atoms with Gasteiger partial charge in [0.15, 0.2) is 9.84 Å². The van der Waals surface area contributed by atoms with Crippen molar-refractivity contribution >= 4 is 21.6 Å². The fourth-order valence-electron chi connectivity index (χ4n) is 3.80. The van der Waals surface area contributed by atoms with Crippen molar-refractivity contribution in [2.24, 2.45) is 0 Å². The number of benzene rings is 1. The lowest BCUT2D eigenvalue weighted by molar-refractivity contribution is 0.0700. The quantitative estimate of drug-likeness (QED) is 0.697. The summed E-state index contributed by atoms with van der Waals surface area (Å²) in [7, 11) is 2.27. The summed E-state index contributed by atoms with van der Waals surface area (Å²) in [5, 5.41) is 3.12. The molecule has 168 valence electrons. The summed E-state index contributed by atoms with van der Waals surface area (Å²) in [4.78, 5) is 26.6. The second kappa shape index (κ2) is 9.74. The van der Waals surface area contributed by atoms with Gasteiger partial charge in [0.05, 0.1) is 21.9 Å². The first kappa shape index (κ1) is 23.1. The second-order valence-corrected chi connectivity index (χ2v) is 10.2. The van der Waals surface area contributed by atoms with Gasteiger partial charge in [-0.2, -0.15) is 0 Å². The van der Waals surface area contributed by atoms with Gasteiger partial charge in [0.1, 0.15) is 11.6 Å². The number of likely N-dealkylation sites (tertiary alicyclic amines) is 1. The Morgan fingerprint density at radius 3 is 2.68 bits per heavy atom. The zero-order chi connectivity index (χ0) is 22.6. The molecule has 0 aliphatic carbocycles. The third kappa shape index (κ3) is 5.22. The largest absolute Gasteiger partial charge is 0.363 e. The molecule has 1 saturated heterocycles. The summed E-state index contributed by atoms with van der Waals surface area (Å²) in [6.45, 7) is 3.28. The van der Waals surface area contributed by atoms with Gasteiger partial charge in [0, 0.05) is 45.7 Å². The molecule has 1 atom stereocenters. The molecule has 1 aromatic carbocycles. The Kier molecular flexibility index (Phi) is 7.27. The molecule has 0 saturated carbocycles. The van der Waals surface area contributed by atoms with Crippen LogP contribution in [0, 0.1) is 0 Å². The van der Waals surface area contributed by atoms with Crippen LogP contribution in [0.1, 0.15) is 47.6 Å². The van der Waals surface area contributed by atoms with Crippen LogP contribution in [0.25, 0.3) is 0 Å². The van der Waals surface area contributed by atoms with Gasteiger partial charge >= 0.3 is 0 Å². The van der Waals surface area contributed by atoms with Crippen molar-refractivity contribution in [3.8, 4) is 0 Å². The first-order chi connectivity index (χ1) is 14.8. The van der Waals surface area contributed by atoms with Gasteiger partial charge < -0.3 is 15.1 Å². The van der Waals surface area contributed by atoms with E-state index in [0.717, 1.165) is 30.2 Å². The van der Waals surface area contributed by atoms with Gasteiger partial charge in [0.25, 0.3) is 5.91 Å². The molecule has 2 heterocycles. The monoisotopic (exact) mass is 445 g/mol. The van der Waals surface area contributed by atoms with E-state index in [4.69, 9.17) is 9.97 Å². The van der Waals surface area contributed by atoms with E-state index in [1.165, 1.54) is 6.07 Å². The maximum atomic E-state index is 13.3. The van der Waals surface area contributed by atoms with Crippen molar-refractivity contribution in [2.75, 3.05) is 44.9 Å². The Balaban J connectivity index is 1.89. The Morgan fingerprint density at radius 1 is 1.26 bits per heavy atom. The number of aromatic nitrogens is 2. The number of hydrogen-bond donors (Lipinski definition) is 1. The fourth-order valence-corrected chi connectivity index (χ4v) is 4.89. The average molecular weight is 446 g/mol. The molecule has 1 aliphatic rings. The number of nitrogens with zero attached hydrogens (tertiary/aromatic N) is 4. The minimum Gasteiger partial charge on any atom is -0.363 e. The molecule has 3 rings (SSSR count). The highest BCUT2D eigenvalue weighted by atomic mass is 32.2. The van der Waals surface area contributed by atoms with E-state index in [-0.39, 0.29) is 28.0 Å². The Hall–Kier alpha value is -2.52. The molecule has 0 bridgehead atoms. The maximum absolute atomic E-state index is 13.3. The van der Waals surface area contributed by atoms with E-state index >= 15 is 0 Å². The van der Waals surface area contributed by atoms with Crippen LogP contribution >= 0.6 is 0 Å². The third-order valence-electron chi connectivity index (χ3n) is 5.51. The van der Waals surface area contributed by atoms with Crippen molar-refractivity contribution in [1.82, 2.24) is 20.2 Å². The van der Waals surface area contributed by atoms with Gasteiger partial charge in [-0.3, -0.25) is 4.79 Å². The number of carbonyl (C=O) groups excluding carboxylic acids is 1. The highest BCUT2D eigenvalue weighted by Gasteiger charge is 2.30. The summed E-state index contributed by atoms with van der Waals surface area (Å²) in [6, 6.07) is 8.43. The molecule has 1 aromatic heterocycles. The van der Waals surface area contributed by atoms with E-state index in [0.29, 0.717) is 19.6 Å². The van der Waals surface area contributed by atoms with Crippen molar-refractivity contribution in [3.63, 3.8) is 0 Å².